The minimum absolute atomic E-state index is 0.113. The number of carbonyl (C=O) groups is 1. The quantitative estimate of drug-likeness (QED) is 0.538. The number of carbonyl (C=O) groups excluding carboxylic acids is 1. The van der Waals surface area contributed by atoms with Gasteiger partial charge in [-0.2, -0.15) is 0 Å². The Balaban J connectivity index is 1.54. The van der Waals surface area contributed by atoms with Crippen LogP contribution in [0.4, 0.5) is 10.5 Å². The molecular formula is C20H24N4O2S. The van der Waals surface area contributed by atoms with Crippen molar-refractivity contribution in [3.8, 4) is 0 Å². The van der Waals surface area contributed by atoms with Gasteiger partial charge in [0.15, 0.2) is 0 Å². The van der Waals surface area contributed by atoms with Crippen LogP contribution in [0.1, 0.15) is 37.4 Å². The SMILES string of the molecule is CCC[C@@H](NC(=O)Nc1ccc(SCc2ccco2)cc1)c1nccn1C. The first-order chi connectivity index (χ1) is 13.2. The van der Waals surface area contributed by atoms with Crippen LogP contribution < -0.4 is 10.6 Å². The highest BCUT2D eigenvalue weighted by atomic mass is 32.2. The maximum Gasteiger partial charge on any atom is 0.319 e. The fourth-order valence-corrected chi connectivity index (χ4v) is 3.58. The van der Waals surface area contributed by atoms with Gasteiger partial charge >= 0.3 is 6.03 Å². The van der Waals surface area contributed by atoms with Crippen molar-refractivity contribution in [3.63, 3.8) is 0 Å². The Morgan fingerprint density at radius 3 is 2.74 bits per heavy atom. The van der Waals surface area contributed by atoms with Gasteiger partial charge in [-0.3, -0.25) is 0 Å². The van der Waals surface area contributed by atoms with Crippen LogP contribution in [0.15, 0.2) is 64.4 Å². The summed E-state index contributed by atoms with van der Waals surface area (Å²) in [5, 5.41) is 5.91. The van der Waals surface area contributed by atoms with Gasteiger partial charge in [-0.15, -0.1) is 11.8 Å². The zero-order chi connectivity index (χ0) is 19.1. The second-order valence-electron chi connectivity index (χ2n) is 6.23. The van der Waals surface area contributed by atoms with Crippen LogP contribution in [0.25, 0.3) is 0 Å². The number of amides is 2. The molecule has 0 aliphatic carbocycles. The van der Waals surface area contributed by atoms with Gasteiger partial charge in [-0.1, -0.05) is 13.3 Å². The van der Waals surface area contributed by atoms with Gasteiger partial charge in [0.2, 0.25) is 0 Å². The van der Waals surface area contributed by atoms with E-state index in [9.17, 15) is 4.79 Å². The van der Waals surface area contributed by atoms with Crippen molar-refractivity contribution in [2.45, 2.75) is 36.5 Å². The summed E-state index contributed by atoms with van der Waals surface area (Å²) in [5.74, 6) is 2.58. The Morgan fingerprint density at radius 2 is 2.11 bits per heavy atom. The number of hydrogen-bond acceptors (Lipinski definition) is 4. The second kappa shape index (κ2) is 9.32. The average molecular weight is 385 g/mol. The molecule has 2 amide bonds. The maximum atomic E-state index is 12.4. The van der Waals surface area contributed by atoms with E-state index in [4.69, 9.17) is 4.42 Å². The predicted molar refractivity (Wildman–Crippen MR) is 108 cm³/mol. The van der Waals surface area contributed by atoms with Crippen LogP contribution in [0.5, 0.6) is 0 Å². The Hall–Kier alpha value is -2.67. The Bertz CT molecular complexity index is 843. The third-order valence-corrected chi connectivity index (χ3v) is 5.16. The smallest absolute Gasteiger partial charge is 0.319 e. The highest BCUT2D eigenvalue weighted by Crippen LogP contribution is 2.24. The lowest BCUT2D eigenvalue weighted by Crippen LogP contribution is -2.33. The van der Waals surface area contributed by atoms with Gasteiger partial charge in [-0.25, -0.2) is 9.78 Å². The van der Waals surface area contributed by atoms with Crippen molar-refractivity contribution >= 4 is 23.5 Å². The zero-order valence-electron chi connectivity index (χ0n) is 15.5. The molecule has 1 aromatic carbocycles. The van der Waals surface area contributed by atoms with Crippen molar-refractivity contribution in [3.05, 3.63) is 66.6 Å². The highest BCUT2D eigenvalue weighted by molar-refractivity contribution is 7.98. The summed E-state index contributed by atoms with van der Waals surface area (Å²) in [6, 6.07) is 11.3. The van der Waals surface area contributed by atoms with E-state index in [0.29, 0.717) is 0 Å². The number of imidazole rings is 1. The first kappa shape index (κ1) is 19.1. The molecule has 0 saturated heterocycles. The number of furan rings is 1. The third-order valence-electron chi connectivity index (χ3n) is 4.13. The highest BCUT2D eigenvalue weighted by Gasteiger charge is 2.17. The van der Waals surface area contributed by atoms with Crippen molar-refractivity contribution < 1.29 is 9.21 Å². The molecule has 7 heteroatoms. The number of urea groups is 1. The van der Waals surface area contributed by atoms with Crippen LogP contribution in [0.2, 0.25) is 0 Å². The Labute approximate surface area is 163 Å². The standard InChI is InChI=1S/C20H24N4O2S/c1-3-5-18(19-21-11-12-24(19)2)23-20(25)22-15-7-9-17(10-8-15)27-14-16-6-4-13-26-16/h4,6-13,18H,3,5,14H2,1-2H3,(H2,22,23,25)/t18-/m1/s1. The molecule has 0 fully saturated rings. The number of aryl methyl sites for hydroxylation is 1. The van der Waals surface area contributed by atoms with Crippen LogP contribution in [-0.2, 0) is 12.8 Å². The number of nitrogens with zero attached hydrogens (tertiary/aromatic N) is 2. The monoisotopic (exact) mass is 384 g/mol. The minimum atomic E-state index is -0.229. The van der Waals surface area contributed by atoms with Gasteiger partial charge in [0.25, 0.3) is 0 Å². The van der Waals surface area contributed by atoms with E-state index < -0.39 is 0 Å². The van der Waals surface area contributed by atoms with Gasteiger partial charge in [0.05, 0.1) is 18.1 Å². The number of rotatable bonds is 8. The summed E-state index contributed by atoms with van der Waals surface area (Å²) < 4.78 is 7.27. The maximum absolute atomic E-state index is 12.4. The lowest BCUT2D eigenvalue weighted by molar-refractivity contribution is 0.247. The number of aromatic nitrogens is 2. The number of thioether (sulfide) groups is 1. The van der Waals surface area contributed by atoms with E-state index in [0.717, 1.165) is 40.8 Å². The Morgan fingerprint density at radius 1 is 1.30 bits per heavy atom. The molecule has 2 aromatic heterocycles. The fraction of sp³-hybridized carbons (Fsp3) is 0.300. The molecule has 6 nitrogen and oxygen atoms in total. The van der Waals surface area contributed by atoms with Crippen molar-refractivity contribution in [1.29, 1.82) is 0 Å². The van der Waals surface area contributed by atoms with Crippen LogP contribution in [0, 0.1) is 0 Å². The van der Waals surface area contributed by atoms with E-state index in [1.165, 1.54) is 0 Å². The van der Waals surface area contributed by atoms with Crippen molar-refractivity contribution in [2.75, 3.05) is 5.32 Å². The van der Waals surface area contributed by atoms with Gasteiger partial charge in [-0.05, 0) is 42.8 Å². The van der Waals surface area contributed by atoms with E-state index in [-0.39, 0.29) is 12.1 Å². The van der Waals surface area contributed by atoms with Crippen LogP contribution >= 0.6 is 11.8 Å². The largest absolute Gasteiger partial charge is 0.468 e. The molecule has 2 N–H and O–H groups in total. The summed E-state index contributed by atoms with van der Waals surface area (Å²) in [6.45, 7) is 2.09. The molecule has 0 bridgehead atoms. The van der Waals surface area contributed by atoms with E-state index in [2.05, 4.69) is 22.5 Å². The molecule has 27 heavy (non-hydrogen) atoms. The van der Waals surface area contributed by atoms with E-state index in [1.807, 2.05) is 54.2 Å². The molecule has 1 atom stereocenters. The predicted octanol–water partition coefficient (Wildman–Crippen LogP) is 4.97. The summed E-state index contributed by atoms with van der Waals surface area (Å²) >= 11 is 1.69. The molecule has 0 radical (unpaired) electrons. The summed E-state index contributed by atoms with van der Waals surface area (Å²) in [5.41, 5.74) is 0.755. The zero-order valence-corrected chi connectivity index (χ0v) is 16.3. The van der Waals surface area contributed by atoms with Crippen LogP contribution in [-0.4, -0.2) is 15.6 Å². The molecule has 0 saturated carbocycles. The number of anilines is 1. The lowest BCUT2D eigenvalue weighted by Gasteiger charge is -2.18. The Kier molecular flexibility index (Phi) is 6.59. The molecule has 142 valence electrons. The van der Waals surface area contributed by atoms with Gasteiger partial charge in [0, 0.05) is 30.0 Å². The molecular weight excluding hydrogens is 360 g/mol. The molecule has 0 aliphatic heterocycles. The fourth-order valence-electron chi connectivity index (χ4n) is 2.78. The summed E-state index contributed by atoms with van der Waals surface area (Å²) in [4.78, 5) is 17.9. The lowest BCUT2D eigenvalue weighted by atomic mass is 10.1. The first-order valence-corrected chi connectivity index (χ1v) is 9.94. The molecule has 0 aliphatic rings. The first-order valence-electron chi connectivity index (χ1n) is 8.95. The van der Waals surface area contributed by atoms with E-state index in [1.54, 1.807) is 24.2 Å². The van der Waals surface area contributed by atoms with Crippen molar-refractivity contribution in [1.82, 2.24) is 14.9 Å². The van der Waals surface area contributed by atoms with E-state index >= 15 is 0 Å². The molecule has 0 unspecified atom stereocenters. The number of benzene rings is 1. The second-order valence-corrected chi connectivity index (χ2v) is 7.28. The summed E-state index contributed by atoms with van der Waals surface area (Å²) in [7, 11) is 1.93. The molecule has 3 rings (SSSR count). The molecule has 2 heterocycles. The normalized spacial score (nSPS) is 11.9. The third kappa shape index (κ3) is 5.40. The summed E-state index contributed by atoms with van der Waals surface area (Å²) in [6.07, 6.45) is 7.10. The van der Waals surface area contributed by atoms with Crippen LogP contribution in [0.3, 0.4) is 0 Å². The molecule has 3 aromatic rings. The topological polar surface area (TPSA) is 72.1 Å². The molecule has 0 spiro atoms. The number of hydrogen-bond donors (Lipinski definition) is 2. The average Bonchev–Trinajstić information content (AvgIpc) is 3.32. The van der Waals surface area contributed by atoms with Gasteiger partial charge in [0.1, 0.15) is 11.6 Å². The van der Waals surface area contributed by atoms with Gasteiger partial charge < -0.3 is 19.6 Å². The van der Waals surface area contributed by atoms with Crippen molar-refractivity contribution in [2.24, 2.45) is 7.05 Å². The minimum Gasteiger partial charge on any atom is -0.468 e. The number of nitrogens with one attached hydrogen (secondary N) is 2.